The molecule has 72 valence electrons. The van der Waals surface area contributed by atoms with E-state index in [9.17, 15) is 10.1 Å². The molecule has 0 saturated carbocycles. The summed E-state index contributed by atoms with van der Waals surface area (Å²) in [6, 6.07) is 6.50. The highest BCUT2D eigenvalue weighted by atomic mass is 16.6. The lowest BCUT2D eigenvalue weighted by molar-refractivity contribution is -0.385. The molecule has 0 saturated heterocycles. The lowest BCUT2D eigenvalue weighted by Crippen LogP contribution is -1.95. The van der Waals surface area contributed by atoms with Crippen LogP contribution in [0.3, 0.4) is 0 Å². The Labute approximate surface area is 81.9 Å². The summed E-state index contributed by atoms with van der Waals surface area (Å²) in [4.78, 5) is 10.1. The van der Waals surface area contributed by atoms with Gasteiger partial charge in [0.15, 0.2) is 0 Å². The van der Waals surface area contributed by atoms with Gasteiger partial charge in [-0.3, -0.25) is 10.1 Å². The van der Waals surface area contributed by atoms with Crippen molar-refractivity contribution in [2.24, 2.45) is 0 Å². The Morgan fingerprint density at radius 2 is 2.14 bits per heavy atom. The lowest BCUT2D eigenvalue weighted by atomic mass is 10.0. The first-order valence-electron chi connectivity index (χ1n) is 4.24. The predicted octanol–water partition coefficient (Wildman–Crippen LogP) is 2.59. The predicted molar refractivity (Wildman–Crippen MR) is 51.9 cm³/mol. The van der Waals surface area contributed by atoms with Crippen molar-refractivity contribution in [2.45, 2.75) is 19.8 Å². The molecule has 4 heteroatoms. The number of rotatable bonds is 2. The van der Waals surface area contributed by atoms with Gasteiger partial charge in [-0.25, -0.2) is 0 Å². The molecule has 0 radical (unpaired) electrons. The molecule has 1 aromatic carbocycles. The lowest BCUT2D eigenvalue weighted by Gasteiger charge is -2.04. The molecule has 1 rings (SSSR count). The van der Waals surface area contributed by atoms with E-state index in [1.165, 1.54) is 12.1 Å². The first-order valence-corrected chi connectivity index (χ1v) is 4.24. The molecule has 0 atom stereocenters. The van der Waals surface area contributed by atoms with E-state index in [0.717, 1.165) is 5.56 Å². The zero-order chi connectivity index (χ0) is 10.7. The third-order valence-electron chi connectivity index (χ3n) is 2.01. The quantitative estimate of drug-likeness (QED) is 0.531. The molecule has 0 unspecified atom stereocenters. The van der Waals surface area contributed by atoms with Crippen LogP contribution in [0.15, 0.2) is 18.2 Å². The summed E-state index contributed by atoms with van der Waals surface area (Å²) in [7, 11) is 0. The molecule has 14 heavy (non-hydrogen) atoms. The molecule has 0 spiro atoms. The van der Waals surface area contributed by atoms with Gasteiger partial charge in [-0.15, -0.1) is 0 Å². The smallest absolute Gasteiger partial charge is 0.258 e. The van der Waals surface area contributed by atoms with E-state index in [1.807, 2.05) is 13.8 Å². The number of nitro groups is 1. The van der Waals surface area contributed by atoms with Crippen LogP contribution in [0.1, 0.15) is 30.9 Å². The third kappa shape index (κ3) is 1.88. The Balaban J connectivity index is 3.30. The maximum atomic E-state index is 10.6. The summed E-state index contributed by atoms with van der Waals surface area (Å²) < 4.78 is 0. The minimum Gasteiger partial charge on any atom is -0.258 e. The highest BCUT2D eigenvalue weighted by molar-refractivity contribution is 5.50. The Morgan fingerprint density at radius 1 is 1.50 bits per heavy atom. The van der Waals surface area contributed by atoms with Crippen LogP contribution < -0.4 is 0 Å². The van der Waals surface area contributed by atoms with E-state index in [1.54, 1.807) is 12.1 Å². The van der Waals surface area contributed by atoms with Crippen molar-refractivity contribution in [2.75, 3.05) is 0 Å². The average molecular weight is 190 g/mol. The van der Waals surface area contributed by atoms with Gasteiger partial charge < -0.3 is 0 Å². The second kappa shape index (κ2) is 3.88. The largest absolute Gasteiger partial charge is 0.287 e. The highest BCUT2D eigenvalue weighted by Crippen LogP contribution is 2.23. The molecule has 0 aromatic heterocycles. The fourth-order valence-electron chi connectivity index (χ4n) is 1.15. The average Bonchev–Trinajstić information content (AvgIpc) is 2.16. The van der Waals surface area contributed by atoms with Crippen molar-refractivity contribution in [3.8, 4) is 6.07 Å². The summed E-state index contributed by atoms with van der Waals surface area (Å²) in [6.45, 7) is 3.90. The van der Waals surface area contributed by atoms with E-state index in [2.05, 4.69) is 0 Å². The van der Waals surface area contributed by atoms with Crippen molar-refractivity contribution in [1.29, 1.82) is 5.26 Å². The van der Waals surface area contributed by atoms with Gasteiger partial charge >= 0.3 is 0 Å². The van der Waals surface area contributed by atoms with Crippen LogP contribution in [0.2, 0.25) is 0 Å². The van der Waals surface area contributed by atoms with E-state index >= 15 is 0 Å². The van der Waals surface area contributed by atoms with Crippen LogP contribution in [0.5, 0.6) is 0 Å². The fourth-order valence-corrected chi connectivity index (χ4v) is 1.15. The first-order chi connectivity index (χ1) is 6.56. The zero-order valence-corrected chi connectivity index (χ0v) is 8.02. The fraction of sp³-hybridized carbons (Fsp3) is 0.300. The molecule has 4 nitrogen and oxygen atoms in total. The van der Waals surface area contributed by atoms with Crippen molar-refractivity contribution >= 4 is 5.69 Å². The van der Waals surface area contributed by atoms with Gasteiger partial charge in [0.05, 0.1) is 4.92 Å². The van der Waals surface area contributed by atoms with Crippen molar-refractivity contribution in [3.05, 3.63) is 39.4 Å². The monoisotopic (exact) mass is 190 g/mol. The molecular formula is C10H10N2O2. The number of benzene rings is 1. The van der Waals surface area contributed by atoms with Crippen molar-refractivity contribution in [1.82, 2.24) is 0 Å². The van der Waals surface area contributed by atoms with Crippen LogP contribution >= 0.6 is 0 Å². The second-order valence-corrected chi connectivity index (χ2v) is 3.30. The molecular weight excluding hydrogens is 180 g/mol. The molecule has 0 N–H and O–H groups in total. The second-order valence-electron chi connectivity index (χ2n) is 3.30. The molecule has 1 aromatic rings. The summed E-state index contributed by atoms with van der Waals surface area (Å²) in [5.41, 5.74) is 0.869. The SMILES string of the molecule is CC(C)c1ccc(C#N)c([N+](=O)[O-])c1. The minimum absolute atomic E-state index is 0.111. The molecule has 0 aliphatic carbocycles. The first kappa shape index (κ1) is 10.2. The summed E-state index contributed by atoms with van der Waals surface area (Å²) in [6.07, 6.45) is 0. The zero-order valence-electron chi connectivity index (χ0n) is 8.02. The van der Waals surface area contributed by atoms with Gasteiger partial charge in [0.1, 0.15) is 11.6 Å². The van der Waals surface area contributed by atoms with Gasteiger partial charge in [-0.2, -0.15) is 5.26 Å². The Morgan fingerprint density at radius 3 is 2.57 bits per heavy atom. The topological polar surface area (TPSA) is 66.9 Å². The standard InChI is InChI=1S/C10H10N2O2/c1-7(2)8-3-4-9(6-11)10(5-8)12(13)14/h3-5,7H,1-2H3. The Bertz CT molecular complexity index is 405. The van der Waals surface area contributed by atoms with Crippen LogP contribution in [0.4, 0.5) is 5.69 Å². The van der Waals surface area contributed by atoms with Gasteiger partial charge in [0.2, 0.25) is 0 Å². The molecule has 0 amide bonds. The number of nitrogens with zero attached hydrogens (tertiary/aromatic N) is 2. The van der Waals surface area contributed by atoms with E-state index in [-0.39, 0.29) is 17.2 Å². The number of nitriles is 1. The van der Waals surface area contributed by atoms with Crippen molar-refractivity contribution < 1.29 is 4.92 Å². The minimum atomic E-state index is -0.523. The van der Waals surface area contributed by atoms with E-state index < -0.39 is 4.92 Å². The van der Waals surface area contributed by atoms with Crippen LogP contribution in [-0.4, -0.2) is 4.92 Å². The molecule has 0 fully saturated rings. The van der Waals surface area contributed by atoms with Gasteiger partial charge in [-0.1, -0.05) is 19.9 Å². The van der Waals surface area contributed by atoms with Crippen LogP contribution in [0, 0.1) is 21.4 Å². The molecule has 0 bridgehead atoms. The molecule has 0 heterocycles. The van der Waals surface area contributed by atoms with Gasteiger partial charge in [0, 0.05) is 6.07 Å². The Kier molecular flexibility index (Phi) is 2.82. The van der Waals surface area contributed by atoms with Gasteiger partial charge in [-0.05, 0) is 17.5 Å². The summed E-state index contributed by atoms with van der Waals surface area (Å²) in [5, 5.41) is 19.3. The van der Waals surface area contributed by atoms with E-state index in [4.69, 9.17) is 5.26 Å². The maximum absolute atomic E-state index is 10.6. The van der Waals surface area contributed by atoms with Crippen LogP contribution in [0.25, 0.3) is 0 Å². The van der Waals surface area contributed by atoms with Crippen LogP contribution in [-0.2, 0) is 0 Å². The third-order valence-corrected chi connectivity index (χ3v) is 2.01. The summed E-state index contributed by atoms with van der Waals surface area (Å²) in [5.74, 6) is 0.224. The van der Waals surface area contributed by atoms with E-state index in [0.29, 0.717) is 0 Å². The highest BCUT2D eigenvalue weighted by Gasteiger charge is 2.14. The normalized spacial score (nSPS) is 9.86. The molecule has 0 aliphatic rings. The number of hydrogen-bond acceptors (Lipinski definition) is 3. The number of hydrogen-bond donors (Lipinski definition) is 0. The summed E-state index contributed by atoms with van der Waals surface area (Å²) >= 11 is 0. The number of nitro benzene ring substituents is 1. The van der Waals surface area contributed by atoms with Crippen molar-refractivity contribution in [3.63, 3.8) is 0 Å². The van der Waals surface area contributed by atoms with Gasteiger partial charge in [0.25, 0.3) is 5.69 Å². The Hall–Kier alpha value is -1.89. The molecule has 0 aliphatic heterocycles. The maximum Gasteiger partial charge on any atom is 0.287 e.